The van der Waals surface area contributed by atoms with Gasteiger partial charge < -0.3 is 15.1 Å². The zero-order valence-corrected chi connectivity index (χ0v) is 16.5. The minimum absolute atomic E-state index is 0.101. The van der Waals surface area contributed by atoms with Crippen LogP contribution in [0.2, 0.25) is 0 Å². The average molecular weight is 372 g/mol. The fourth-order valence-corrected chi connectivity index (χ4v) is 4.33. The van der Waals surface area contributed by atoms with E-state index >= 15 is 0 Å². The molecule has 2 aliphatic heterocycles. The largest absolute Gasteiger partial charge is 0.343 e. The van der Waals surface area contributed by atoms with Crippen molar-refractivity contribution in [1.82, 2.24) is 15.1 Å². The van der Waals surface area contributed by atoms with Crippen molar-refractivity contribution >= 4 is 11.8 Å². The third kappa shape index (κ3) is 5.55. The fourth-order valence-electron chi connectivity index (χ4n) is 4.33. The minimum Gasteiger partial charge on any atom is -0.343 e. The molecule has 0 atom stereocenters. The maximum Gasteiger partial charge on any atom is 0.225 e. The molecule has 0 spiro atoms. The van der Waals surface area contributed by atoms with Crippen LogP contribution < -0.4 is 5.32 Å². The Hall–Kier alpha value is -1.88. The maximum absolute atomic E-state index is 12.8. The summed E-state index contributed by atoms with van der Waals surface area (Å²) in [5.74, 6) is 1.33. The number of likely N-dealkylation sites (tertiary alicyclic amines) is 2. The van der Waals surface area contributed by atoms with Crippen LogP contribution in [0.15, 0.2) is 30.3 Å². The molecule has 5 heteroatoms. The van der Waals surface area contributed by atoms with E-state index in [-0.39, 0.29) is 11.8 Å². The molecule has 27 heavy (non-hydrogen) atoms. The molecule has 2 amide bonds. The number of rotatable bonds is 6. The quantitative estimate of drug-likeness (QED) is 0.835. The van der Waals surface area contributed by atoms with E-state index in [0.717, 1.165) is 64.8 Å². The van der Waals surface area contributed by atoms with Crippen molar-refractivity contribution < 1.29 is 9.59 Å². The van der Waals surface area contributed by atoms with E-state index in [0.29, 0.717) is 18.2 Å². The van der Waals surface area contributed by atoms with Gasteiger partial charge in [-0.05, 0) is 57.2 Å². The Morgan fingerprint density at radius 1 is 0.963 bits per heavy atom. The highest BCUT2D eigenvalue weighted by Crippen LogP contribution is 2.24. The molecule has 1 aromatic rings. The van der Waals surface area contributed by atoms with Gasteiger partial charge in [-0.3, -0.25) is 9.59 Å². The van der Waals surface area contributed by atoms with Gasteiger partial charge in [0.25, 0.3) is 0 Å². The van der Waals surface area contributed by atoms with Gasteiger partial charge in [-0.1, -0.05) is 30.3 Å². The lowest BCUT2D eigenvalue weighted by atomic mass is 9.92. The molecule has 0 saturated carbocycles. The van der Waals surface area contributed by atoms with Crippen LogP contribution in [0.5, 0.6) is 0 Å². The first-order valence-electron chi connectivity index (χ1n) is 10.4. The molecule has 0 radical (unpaired) electrons. The molecule has 2 saturated heterocycles. The Labute approximate surface area is 163 Å². The topological polar surface area (TPSA) is 52.7 Å². The Morgan fingerprint density at radius 2 is 1.59 bits per heavy atom. The van der Waals surface area contributed by atoms with Crippen molar-refractivity contribution in [3.05, 3.63) is 35.9 Å². The Bertz CT molecular complexity index is 603. The molecule has 0 aromatic heterocycles. The van der Waals surface area contributed by atoms with E-state index in [1.165, 1.54) is 5.56 Å². The van der Waals surface area contributed by atoms with Crippen LogP contribution in [0.4, 0.5) is 0 Å². The van der Waals surface area contributed by atoms with Crippen molar-refractivity contribution in [3.8, 4) is 0 Å². The summed E-state index contributed by atoms with van der Waals surface area (Å²) in [5, 5.41) is 3.24. The van der Waals surface area contributed by atoms with Crippen molar-refractivity contribution in [1.29, 1.82) is 0 Å². The summed E-state index contributed by atoms with van der Waals surface area (Å²) >= 11 is 0. The highest BCUT2D eigenvalue weighted by atomic mass is 16.2. The Morgan fingerprint density at radius 3 is 2.22 bits per heavy atom. The normalized spacial score (nSPS) is 19.3. The summed E-state index contributed by atoms with van der Waals surface area (Å²) in [7, 11) is 1.99. The van der Waals surface area contributed by atoms with Gasteiger partial charge in [0.05, 0.1) is 0 Å². The van der Waals surface area contributed by atoms with E-state index in [4.69, 9.17) is 0 Å². The first kappa shape index (κ1) is 19.9. The second kappa shape index (κ2) is 9.88. The zero-order chi connectivity index (χ0) is 19.1. The second-order valence-corrected chi connectivity index (χ2v) is 7.97. The third-order valence-corrected chi connectivity index (χ3v) is 6.09. The number of carbonyl (C=O) groups excluding carboxylic acids is 2. The number of aryl methyl sites for hydroxylation is 1. The van der Waals surface area contributed by atoms with Gasteiger partial charge in [-0.15, -0.1) is 0 Å². The van der Waals surface area contributed by atoms with E-state index in [2.05, 4.69) is 22.3 Å². The number of benzene rings is 1. The molecule has 1 aromatic carbocycles. The smallest absolute Gasteiger partial charge is 0.225 e. The van der Waals surface area contributed by atoms with Crippen LogP contribution in [0.1, 0.15) is 37.7 Å². The van der Waals surface area contributed by atoms with Gasteiger partial charge in [0.2, 0.25) is 11.8 Å². The molecule has 3 rings (SSSR count). The summed E-state index contributed by atoms with van der Waals surface area (Å²) in [5.41, 5.74) is 1.21. The Balaban J connectivity index is 1.39. The molecule has 0 aliphatic carbocycles. The number of piperidine rings is 2. The van der Waals surface area contributed by atoms with Crippen molar-refractivity contribution in [2.24, 2.45) is 11.8 Å². The minimum atomic E-state index is 0.101. The van der Waals surface area contributed by atoms with Gasteiger partial charge >= 0.3 is 0 Å². The van der Waals surface area contributed by atoms with Gasteiger partial charge in [0.15, 0.2) is 0 Å². The SMILES string of the molecule is CNCC1CCN(C(=O)C2CCN(C(=O)CCc3ccccc3)CC2)CC1. The second-order valence-electron chi connectivity index (χ2n) is 7.97. The predicted molar refractivity (Wildman–Crippen MR) is 107 cm³/mol. The number of hydrogen-bond acceptors (Lipinski definition) is 3. The summed E-state index contributed by atoms with van der Waals surface area (Å²) < 4.78 is 0. The monoisotopic (exact) mass is 371 g/mol. The number of hydrogen-bond donors (Lipinski definition) is 1. The lowest BCUT2D eigenvalue weighted by Gasteiger charge is -2.37. The van der Waals surface area contributed by atoms with Crippen LogP contribution in [-0.2, 0) is 16.0 Å². The lowest BCUT2D eigenvalue weighted by Crippen LogP contribution is -2.47. The zero-order valence-electron chi connectivity index (χ0n) is 16.5. The molecule has 5 nitrogen and oxygen atoms in total. The first-order valence-corrected chi connectivity index (χ1v) is 10.4. The summed E-state index contributed by atoms with van der Waals surface area (Å²) in [4.78, 5) is 29.3. The van der Waals surface area contributed by atoms with Gasteiger partial charge in [-0.2, -0.15) is 0 Å². The van der Waals surface area contributed by atoms with Crippen molar-refractivity contribution in [3.63, 3.8) is 0 Å². The van der Waals surface area contributed by atoms with Crippen LogP contribution in [-0.4, -0.2) is 61.4 Å². The maximum atomic E-state index is 12.8. The number of amides is 2. The molecule has 0 unspecified atom stereocenters. The standard InChI is InChI=1S/C22H33N3O2/c1-23-17-19-9-13-25(14-10-19)22(27)20-11-15-24(16-12-20)21(26)8-7-18-5-3-2-4-6-18/h2-6,19-20,23H,7-17H2,1H3. The fraction of sp³-hybridized carbons (Fsp3) is 0.636. The summed E-state index contributed by atoms with van der Waals surface area (Å²) in [6.07, 6.45) is 5.17. The van der Waals surface area contributed by atoms with Crippen LogP contribution in [0.3, 0.4) is 0 Å². The molecule has 2 fully saturated rings. The van der Waals surface area contributed by atoms with E-state index in [1.807, 2.05) is 30.1 Å². The van der Waals surface area contributed by atoms with Crippen LogP contribution in [0.25, 0.3) is 0 Å². The molecule has 0 bridgehead atoms. The van der Waals surface area contributed by atoms with Crippen molar-refractivity contribution in [2.45, 2.75) is 38.5 Å². The average Bonchev–Trinajstić information content (AvgIpc) is 2.73. The van der Waals surface area contributed by atoms with Gasteiger partial charge in [0.1, 0.15) is 0 Å². The highest BCUT2D eigenvalue weighted by molar-refractivity contribution is 5.80. The van der Waals surface area contributed by atoms with Crippen LogP contribution in [0, 0.1) is 11.8 Å². The molecule has 1 N–H and O–H groups in total. The molecule has 148 valence electrons. The first-order chi connectivity index (χ1) is 13.2. The van der Waals surface area contributed by atoms with Crippen LogP contribution >= 0.6 is 0 Å². The van der Waals surface area contributed by atoms with E-state index in [9.17, 15) is 9.59 Å². The summed E-state index contributed by atoms with van der Waals surface area (Å²) in [6.45, 7) is 4.27. The van der Waals surface area contributed by atoms with Gasteiger partial charge in [0, 0.05) is 38.5 Å². The van der Waals surface area contributed by atoms with Crippen molar-refractivity contribution in [2.75, 3.05) is 39.8 Å². The molecule has 2 heterocycles. The van der Waals surface area contributed by atoms with E-state index in [1.54, 1.807) is 0 Å². The number of nitrogens with zero attached hydrogens (tertiary/aromatic N) is 2. The number of carbonyl (C=O) groups is 2. The van der Waals surface area contributed by atoms with E-state index < -0.39 is 0 Å². The summed E-state index contributed by atoms with van der Waals surface area (Å²) in [6, 6.07) is 10.2. The molecular weight excluding hydrogens is 338 g/mol. The molecule has 2 aliphatic rings. The molecular formula is C22H33N3O2. The Kier molecular flexibility index (Phi) is 7.27. The van der Waals surface area contributed by atoms with Gasteiger partial charge in [-0.25, -0.2) is 0 Å². The third-order valence-electron chi connectivity index (χ3n) is 6.09. The number of nitrogens with one attached hydrogen (secondary N) is 1. The lowest BCUT2D eigenvalue weighted by molar-refractivity contribution is -0.141. The highest BCUT2D eigenvalue weighted by Gasteiger charge is 2.31. The predicted octanol–water partition coefficient (Wildman–Crippen LogP) is 2.32.